The maximum atomic E-state index is 12.9. The number of hydrogen-bond acceptors (Lipinski definition) is 5. The number of ether oxygens (including phenoxy) is 2. The molecule has 2 heterocycles. The average Bonchev–Trinajstić information content (AvgIpc) is 2.75. The fourth-order valence-electron chi connectivity index (χ4n) is 3.95. The number of carbonyl (C=O) groups is 2. The predicted octanol–water partition coefficient (Wildman–Crippen LogP) is 2.34. The van der Waals surface area contributed by atoms with Crippen LogP contribution in [0.1, 0.15) is 55.3 Å². The summed E-state index contributed by atoms with van der Waals surface area (Å²) >= 11 is 0. The van der Waals surface area contributed by atoms with Gasteiger partial charge in [0, 0.05) is 38.5 Å². The Kier molecular flexibility index (Phi) is 8.10. The molecule has 0 aromatic carbocycles. The lowest BCUT2D eigenvalue weighted by atomic mass is 9.96. The first-order chi connectivity index (χ1) is 14.2. The summed E-state index contributed by atoms with van der Waals surface area (Å²) < 4.78 is 10.6. The highest BCUT2D eigenvalue weighted by Crippen LogP contribution is 2.20. The van der Waals surface area contributed by atoms with Crippen LogP contribution in [0.5, 0.6) is 5.88 Å². The highest BCUT2D eigenvalue weighted by molar-refractivity contribution is 5.96. The molecule has 1 aliphatic carbocycles. The number of urea groups is 1. The molecule has 1 aromatic heterocycles. The fourth-order valence-corrected chi connectivity index (χ4v) is 3.95. The van der Waals surface area contributed by atoms with E-state index in [9.17, 15) is 9.59 Å². The van der Waals surface area contributed by atoms with E-state index in [2.05, 4.69) is 15.6 Å². The van der Waals surface area contributed by atoms with E-state index in [1.54, 1.807) is 30.3 Å². The van der Waals surface area contributed by atoms with Crippen molar-refractivity contribution in [2.45, 2.75) is 57.0 Å². The molecule has 1 saturated heterocycles. The van der Waals surface area contributed by atoms with Crippen molar-refractivity contribution in [2.24, 2.45) is 0 Å². The summed E-state index contributed by atoms with van der Waals surface area (Å²) in [6.45, 7) is 1.97. The van der Waals surface area contributed by atoms with E-state index in [-0.39, 0.29) is 18.0 Å². The Labute approximate surface area is 172 Å². The molecule has 0 radical (unpaired) electrons. The maximum absolute atomic E-state index is 12.9. The van der Waals surface area contributed by atoms with Gasteiger partial charge in [0.1, 0.15) is 12.2 Å². The van der Waals surface area contributed by atoms with Gasteiger partial charge < -0.3 is 25.0 Å². The number of carbonyl (C=O) groups excluding carboxylic acids is 2. The van der Waals surface area contributed by atoms with Crippen molar-refractivity contribution >= 4 is 11.9 Å². The molecule has 1 aliphatic heterocycles. The minimum absolute atomic E-state index is 0.0808. The average molecular weight is 405 g/mol. The van der Waals surface area contributed by atoms with Crippen molar-refractivity contribution in [3.8, 4) is 5.88 Å². The second kappa shape index (κ2) is 11.0. The van der Waals surface area contributed by atoms with Crippen molar-refractivity contribution in [2.75, 3.05) is 33.4 Å². The molecule has 0 unspecified atom stereocenters. The van der Waals surface area contributed by atoms with Gasteiger partial charge in [0.15, 0.2) is 0 Å². The third kappa shape index (κ3) is 6.32. The molecule has 3 amide bonds. The van der Waals surface area contributed by atoms with Gasteiger partial charge in [-0.05, 0) is 37.8 Å². The molecule has 1 saturated carbocycles. The third-order valence-electron chi connectivity index (χ3n) is 5.59. The highest BCUT2D eigenvalue weighted by atomic mass is 16.5. The lowest BCUT2D eigenvalue weighted by molar-refractivity contribution is 0.0700. The van der Waals surface area contributed by atoms with Crippen LogP contribution in [-0.4, -0.2) is 67.3 Å². The second-order valence-electron chi connectivity index (χ2n) is 7.72. The van der Waals surface area contributed by atoms with Gasteiger partial charge in [0.2, 0.25) is 5.88 Å². The Morgan fingerprint density at radius 3 is 2.45 bits per heavy atom. The molecule has 1 aromatic rings. The molecule has 29 heavy (non-hydrogen) atoms. The van der Waals surface area contributed by atoms with Crippen LogP contribution >= 0.6 is 0 Å². The van der Waals surface area contributed by atoms with Gasteiger partial charge in [-0.25, -0.2) is 9.78 Å². The number of methoxy groups -OCH3 is 1. The molecular weight excluding hydrogens is 372 g/mol. The Bertz CT molecular complexity index is 670. The van der Waals surface area contributed by atoms with Gasteiger partial charge in [-0.3, -0.25) is 4.79 Å². The van der Waals surface area contributed by atoms with Gasteiger partial charge in [-0.15, -0.1) is 0 Å². The van der Waals surface area contributed by atoms with Crippen molar-refractivity contribution in [1.29, 1.82) is 0 Å². The number of amides is 3. The van der Waals surface area contributed by atoms with E-state index in [0.717, 1.165) is 25.7 Å². The van der Waals surface area contributed by atoms with E-state index in [0.29, 0.717) is 43.8 Å². The minimum Gasteiger partial charge on any atom is -0.475 e. The summed E-state index contributed by atoms with van der Waals surface area (Å²) in [5.41, 5.74) is 0.463. The van der Waals surface area contributed by atoms with Gasteiger partial charge in [0.05, 0.1) is 6.61 Å². The van der Waals surface area contributed by atoms with Crippen LogP contribution in [0.25, 0.3) is 0 Å². The normalized spacial score (nSPS) is 18.3. The fraction of sp³-hybridized carbons (Fsp3) is 0.667. The maximum Gasteiger partial charge on any atom is 0.315 e. The number of aromatic nitrogens is 1. The van der Waals surface area contributed by atoms with Crippen LogP contribution in [0.3, 0.4) is 0 Å². The van der Waals surface area contributed by atoms with Gasteiger partial charge in [-0.2, -0.15) is 0 Å². The molecule has 8 nitrogen and oxygen atoms in total. The largest absolute Gasteiger partial charge is 0.475 e. The zero-order valence-corrected chi connectivity index (χ0v) is 17.2. The summed E-state index contributed by atoms with van der Waals surface area (Å²) in [7, 11) is 1.60. The summed E-state index contributed by atoms with van der Waals surface area (Å²) in [6.07, 6.45) is 8.88. The van der Waals surface area contributed by atoms with Gasteiger partial charge in [-0.1, -0.05) is 19.3 Å². The number of likely N-dealkylation sites (tertiary alicyclic amines) is 1. The van der Waals surface area contributed by atoms with E-state index < -0.39 is 0 Å². The quantitative estimate of drug-likeness (QED) is 0.681. The number of nitrogens with one attached hydrogen (secondary N) is 2. The lowest BCUT2D eigenvalue weighted by Crippen LogP contribution is -2.51. The van der Waals surface area contributed by atoms with Crippen LogP contribution in [0, 0.1) is 0 Å². The first kappa shape index (κ1) is 21.4. The molecule has 2 fully saturated rings. The molecule has 160 valence electrons. The SMILES string of the molecule is COCCOc1ncccc1C(=O)N1CCC(NC(=O)NC2CCCCC2)CC1. The Hall–Kier alpha value is -2.35. The van der Waals surface area contributed by atoms with E-state index in [4.69, 9.17) is 9.47 Å². The van der Waals surface area contributed by atoms with E-state index in [1.165, 1.54) is 19.3 Å². The van der Waals surface area contributed by atoms with Crippen LogP contribution in [0.2, 0.25) is 0 Å². The number of nitrogens with zero attached hydrogens (tertiary/aromatic N) is 2. The second-order valence-corrected chi connectivity index (χ2v) is 7.72. The topological polar surface area (TPSA) is 92.8 Å². The van der Waals surface area contributed by atoms with Crippen LogP contribution < -0.4 is 15.4 Å². The van der Waals surface area contributed by atoms with Crippen molar-refractivity contribution in [1.82, 2.24) is 20.5 Å². The lowest BCUT2D eigenvalue weighted by Gasteiger charge is -2.33. The number of piperidine rings is 1. The van der Waals surface area contributed by atoms with Crippen LogP contribution in [0.15, 0.2) is 18.3 Å². The molecule has 2 N–H and O–H groups in total. The van der Waals surface area contributed by atoms with E-state index in [1.807, 2.05) is 0 Å². The van der Waals surface area contributed by atoms with Crippen molar-refractivity contribution in [3.63, 3.8) is 0 Å². The predicted molar refractivity (Wildman–Crippen MR) is 109 cm³/mol. The van der Waals surface area contributed by atoms with Crippen molar-refractivity contribution < 1.29 is 19.1 Å². The number of pyridine rings is 1. The summed E-state index contributed by atoms with van der Waals surface area (Å²) in [5.74, 6) is 0.247. The molecule has 8 heteroatoms. The third-order valence-corrected chi connectivity index (χ3v) is 5.59. The summed E-state index contributed by atoms with van der Waals surface area (Å²) in [6, 6.07) is 3.78. The molecule has 0 atom stereocenters. The summed E-state index contributed by atoms with van der Waals surface area (Å²) in [5, 5.41) is 6.16. The molecule has 3 rings (SSSR count). The Morgan fingerprint density at radius 1 is 1.07 bits per heavy atom. The molecule has 0 spiro atoms. The smallest absolute Gasteiger partial charge is 0.315 e. The zero-order valence-electron chi connectivity index (χ0n) is 17.2. The van der Waals surface area contributed by atoms with Crippen LogP contribution in [0.4, 0.5) is 4.79 Å². The molecular formula is C21H32N4O4. The molecule has 2 aliphatic rings. The first-order valence-electron chi connectivity index (χ1n) is 10.6. The van der Waals surface area contributed by atoms with Gasteiger partial charge >= 0.3 is 6.03 Å². The molecule has 0 bridgehead atoms. The van der Waals surface area contributed by atoms with Crippen LogP contribution in [-0.2, 0) is 4.74 Å². The van der Waals surface area contributed by atoms with E-state index >= 15 is 0 Å². The highest BCUT2D eigenvalue weighted by Gasteiger charge is 2.27. The summed E-state index contributed by atoms with van der Waals surface area (Å²) in [4.78, 5) is 31.2. The Morgan fingerprint density at radius 2 is 1.76 bits per heavy atom. The minimum atomic E-state index is -0.0874. The standard InChI is InChI=1S/C21H32N4O4/c1-28-14-15-29-19-18(8-5-11-22-19)20(26)25-12-9-17(10-13-25)24-21(27)23-16-6-3-2-4-7-16/h5,8,11,16-17H,2-4,6-7,9-10,12-15H2,1H3,(H2,23,24,27). The van der Waals surface area contributed by atoms with Gasteiger partial charge in [0.25, 0.3) is 5.91 Å². The first-order valence-corrected chi connectivity index (χ1v) is 10.6. The number of rotatable bonds is 7. The number of hydrogen-bond donors (Lipinski definition) is 2. The Balaban J connectivity index is 1.46. The van der Waals surface area contributed by atoms with Crippen molar-refractivity contribution in [3.05, 3.63) is 23.9 Å². The zero-order chi connectivity index (χ0) is 20.5. The monoisotopic (exact) mass is 404 g/mol.